The molecule has 1 aliphatic heterocycles. The normalized spacial score (nSPS) is 19.8. The summed E-state index contributed by atoms with van der Waals surface area (Å²) in [5.41, 5.74) is 9.90. The van der Waals surface area contributed by atoms with Crippen LogP contribution in [0.1, 0.15) is 87.6 Å². The maximum absolute atomic E-state index is 6.62. The first-order chi connectivity index (χ1) is 12.1. The van der Waals surface area contributed by atoms with E-state index in [4.69, 9.17) is 4.74 Å². The van der Waals surface area contributed by atoms with Gasteiger partial charge in [-0.25, -0.2) is 0 Å². The zero-order valence-corrected chi connectivity index (χ0v) is 18.3. The Morgan fingerprint density at radius 1 is 0.923 bits per heavy atom. The van der Waals surface area contributed by atoms with Gasteiger partial charge in [0.1, 0.15) is 11.4 Å². The maximum atomic E-state index is 6.62. The Labute approximate surface area is 161 Å². The summed E-state index contributed by atoms with van der Waals surface area (Å²) in [4.78, 5) is 0. The summed E-state index contributed by atoms with van der Waals surface area (Å²) in [5.74, 6) is 1.17. The van der Waals surface area contributed by atoms with Crippen molar-refractivity contribution in [3.63, 3.8) is 0 Å². The van der Waals surface area contributed by atoms with Crippen molar-refractivity contribution >= 4 is 0 Å². The van der Waals surface area contributed by atoms with E-state index in [0.29, 0.717) is 0 Å². The highest BCUT2D eigenvalue weighted by atomic mass is 16.5. The van der Waals surface area contributed by atoms with Gasteiger partial charge in [-0.15, -0.1) is 0 Å². The molecule has 0 aromatic heterocycles. The third kappa shape index (κ3) is 4.81. The van der Waals surface area contributed by atoms with Crippen LogP contribution in [0.3, 0.4) is 0 Å². The van der Waals surface area contributed by atoms with E-state index in [1.54, 1.807) is 0 Å². The summed E-state index contributed by atoms with van der Waals surface area (Å²) in [6.07, 6.45) is 11.5. The molecule has 1 aliphatic rings. The first-order valence-electron chi connectivity index (χ1n) is 10.2. The molecular weight excluding hydrogens is 316 g/mol. The van der Waals surface area contributed by atoms with Gasteiger partial charge in [0.05, 0.1) is 0 Å². The highest BCUT2D eigenvalue weighted by Gasteiger charge is 2.33. The topological polar surface area (TPSA) is 9.23 Å². The zero-order chi connectivity index (χ0) is 19.5. The number of rotatable bonds is 6. The van der Waals surface area contributed by atoms with Gasteiger partial charge in [0.25, 0.3) is 0 Å². The predicted octanol–water partition coefficient (Wildman–Crippen LogP) is 7.48. The summed E-state index contributed by atoms with van der Waals surface area (Å²) in [7, 11) is 0. The van der Waals surface area contributed by atoms with E-state index in [9.17, 15) is 0 Å². The lowest BCUT2D eigenvalue weighted by atomic mass is 9.83. The molecule has 1 aromatic rings. The van der Waals surface area contributed by atoms with Crippen molar-refractivity contribution in [1.82, 2.24) is 0 Å². The Hall–Kier alpha value is -1.50. The van der Waals surface area contributed by atoms with Crippen LogP contribution in [-0.2, 0) is 6.42 Å². The molecule has 0 fully saturated rings. The molecule has 1 aromatic carbocycles. The SMILES string of the molecule is CC(C)=CCC/C(C)=C/CC[C@]1(C)CCc2c(C)c(C)c(C)c(C)c2O1. The summed E-state index contributed by atoms with van der Waals surface area (Å²) < 4.78 is 6.62. The summed E-state index contributed by atoms with van der Waals surface area (Å²) in [6.45, 7) is 17.9. The molecule has 0 spiro atoms. The highest BCUT2D eigenvalue weighted by Crippen LogP contribution is 2.42. The second-order valence-corrected chi connectivity index (χ2v) is 8.77. The minimum atomic E-state index is -0.0391. The minimum Gasteiger partial charge on any atom is -0.487 e. The number of fused-ring (bicyclic) bond motifs is 1. The molecule has 26 heavy (non-hydrogen) atoms. The van der Waals surface area contributed by atoms with Gasteiger partial charge < -0.3 is 4.74 Å². The Morgan fingerprint density at radius 3 is 2.23 bits per heavy atom. The Kier molecular flexibility index (Phi) is 6.77. The molecule has 0 bridgehead atoms. The number of ether oxygens (including phenoxy) is 1. The molecule has 0 N–H and O–H groups in total. The second-order valence-electron chi connectivity index (χ2n) is 8.77. The van der Waals surface area contributed by atoms with Crippen molar-refractivity contribution in [2.45, 2.75) is 99.5 Å². The van der Waals surface area contributed by atoms with Gasteiger partial charge >= 0.3 is 0 Å². The van der Waals surface area contributed by atoms with Crippen LogP contribution < -0.4 is 4.74 Å². The standard InChI is InChI=1S/C25H38O/c1-17(2)11-9-12-18(3)13-10-15-25(8)16-14-23-21(6)19(4)20(5)22(7)24(23)26-25/h11,13H,9-10,12,14-16H2,1-8H3/b18-13+/t25-/m1/s1. The van der Waals surface area contributed by atoms with Gasteiger partial charge in [0, 0.05) is 0 Å². The molecule has 0 amide bonds. The molecule has 0 unspecified atom stereocenters. The molecule has 0 saturated carbocycles. The molecule has 2 rings (SSSR count). The summed E-state index contributed by atoms with van der Waals surface area (Å²) in [6, 6.07) is 0. The third-order valence-corrected chi connectivity index (χ3v) is 6.26. The van der Waals surface area contributed by atoms with Gasteiger partial charge in [-0.05, 0) is 122 Å². The molecule has 0 saturated heterocycles. The molecule has 0 aliphatic carbocycles. The summed E-state index contributed by atoms with van der Waals surface area (Å²) >= 11 is 0. The van der Waals surface area contributed by atoms with Crippen molar-refractivity contribution in [1.29, 1.82) is 0 Å². The molecule has 0 radical (unpaired) electrons. The lowest BCUT2D eigenvalue weighted by Crippen LogP contribution is -2.37. The van der Waals surface area contributed by atoms with Gasteiger partial charge in [-0.2, -0.15) is 0 Å². The minimum absolute atomic E-state index is 0.0391. The van der Waals surface area contributed by atoms with E-state index >= 15 is 0 Å². The monoisotopic (exact) mass is 354 g/mol. The van der Waals surface area contributed by atoms with Crippen LogP contribution in [0.2, 0.25) is 0 Å². The third-order valence-electron chi connectivity index (χ3n) is 6.26. The van der Waals surface area contributed by atoms with Crippen LogP contribution in [0, 0.1) is 27.7 Å². The second kappa shape index (κ2) is 8.46. The average Bonchev–Trinajstić information content (AvgIpc) is 2.57. The van der Waals surface area contributed by atoms with Crippen molar-refractivity contribution in [3.8, 4) is 5.75 Å². The Morgan fingerprint density at radius 2 is 1.58 bits per heavy atom. The van der Waals surface area contributed by atoms with E-state index in [1.165, 1.54) is 51.1 Å². The van der Waals surface area contributed by atoms with Crippen molar-refractivity contribution in [3.05, 3.63) is 51.1 Å². The van der Waals surface area contributed by atoms with Crippen LogP contribution >= 0.6 is 0 Å². The Bertz CT molecular complexity index is 716. The van der Waals surface area contributed by atoms with Gasteiger partial charge in [-0.1, -0.05) is 23.3 Å². The van der Waals surface area contributed by atoms with Gasteiger partial charge in [0.2, 0.25) is 0 Å². The fraction of sp³-hybridized carbons (Fsp3) is 0.600. The van der Waals surface area contributed by atoms with E-state index in [-0.39, 0.29) is 5.60 Å². The Balaban J connectivity index is 2.04. The molecule has 1 atom stereocenters. The number of benzene rings is 1. The molecule has 1 nitrogen and oxygen atoms in total. The van der Waals surface area contributed by atoms with E-state index in [0.717, 1.165) is 32.1 Å². The van der Waals surface area contributed by atoms with Gasteiger partial charge in [0.15, 0.2) is 0 Å². The number of hydrogen-bond acceptors (Lipinski definition) is 1. The quantitative estimate of drug-likeness (QED) is 0.481. The molecule has 1 heterocycles. The average molecular weight is 355 g/mol. The molecule has 144 valence electrons. The lowest BCUT2D eigenvalue weighted by molar-refractivity contribution is 0.0560. The van der Waals surface area contributed by atoms with Crippen LogP contribution in [0.25, 0.3) is 0 Å². The number of allylic oxidation sites excluding steroid dienone is 4. The van der Waals surface area contributed by atoms with Crippen molar-refractivity contribution < 1.29 is 4.74 Å². The van der Waals surface area contributed by atoms with Crippen molar-refractivity contribution in [2.24, 2.45) is 0 Å². The molecular formula is C25H38O. The largest absolute Gasteiger partial charge is 0.487 e. The smallest absolute Gasteiger partial charge is 0.126 e. The highest BCUT2D eigenvalue weighted by molar-refractivity contribution is 5.55. The lowest BCUT2D eigenvalue weighted by Gasteiger charge is -2.38. The van der Waals surface area contributed by atoms with Crippen LogP contribution in [0.4, 0.5) is 0 Å². The van der Waals surface area contributed by atoms with Gasteiger partial charge in [-0.3, -0.25) is 0 Å². The maximum Gasteiger partial charge on any atom is 0.126 e. The fourth-order valence-electron chi connectivity index (χ4n) is 3.97. The van der Waals surface area contributed by atoms with E-state index < -0.39 is 0 Å². The summed E-state index contributed by atoms with van der Waals surface area (Å²) in [5, 5.41) is 0. The van der Waals surface area contributed by atoms with E-state index in [2.05, 4.69) is 67.5 Å². The first kappa shape index (κ1) is 20.8. The fourth-order valence-corrected chi connectivity index (χ4v) is 3.97. The number of hydrogen-bond donors (Lipinski definition) is 0. The van der Waals surface area contributed by atoms with Crippen molar-refractivity contribution in [2.75, 3.05) is 0 Å². The van der Waals surface area contributed by atoms with E-state index in [1.807, 2.05) is 0 Å². The zero-order valence-electron chi connectivity index (χ0n) is 18.3. The molecule has 1 heteroatoms. The van der Waals surface area contributed by atoms with Crippen LogP contribution in [-0.4, -0.2) is 5.60 Å². The first-order valence-corrected chi connectivity index (χ1v) is 10.2. The van der Waals surface area contributed by atoms with Crippen LogP contribution in [0.15, 0.2) is 23.3 Å². The van der Waals surface area contributed by atoms with Crippen LogP contribution in [0.5, 0.6) is 5.75 Å². The predicted molar refractivity (Wildman–Crippen MR) is 114 cm³/mol.